The Balaban J connectivity index is 1.98. The van der Waals surface area contributed by atoms with Crippen LogP contribution in [-0.2, 0) is 14.3 Å². The maximum atomic E-state index is 11.4. The molecule has 0 bridgehead atoms. The first-order chi connectivity index (χ1) is 7.16. The van der Waals surface area contributed by atoms with Crippen LogP contribution in [0.15, 0.2) is 0 Å². The van der Waals surface area contributed by atoms with E-state index in [1.807, 2.05) is 0 Å². The predicted molar refractivity (Wildman–Crippen MR) is 61.1 cm³/mol. The average molecular weight is 233 g/mol. The van der Waals surface area contributed by atoms with E-state index in [0.29, 0.717) is 12.4 Å². The molecular formula is C10H19NO3S. The first kappa shape index (κ1) is 12.8. The zero-order valence-corrected chi connectivity index (χ0v) is 10.2. The van der Waals surface area contributed by atoms with Crippen LogP contribution in [0, 0.1) is 5.41 Å². The molecule has 0 radical (unpaired) electrons. The third kappa shape index (κ3) is 4.86. The summed E-state index contributed by atoms with van der Waals surface area (Å²) >= 11 is 1.59. The minimum absolute atomic E-state index is 0.101. The molecule has 5 heteroatoms. The van der Waals surface area contributed by atoms with Gasteiger partial charge in [-0.1, -0.05) is 6.92 Å². The topological polar surface area (TPSA) is 47.6 Å². The Labute approximate surface area is 95.1 Å². The van der Waals surface area contributed by atoms with Crippen molar-refractivity contribution in [3.05, 3.63) is 0 Å². The number of ether oxygens (including phenoxy) is 2. The lowest BCUT2D eigenvalue weighted by molar-refractivity contribution is -0.124. The van der Waals surface area contributed by atoms with Crippen LogP contribution in [0.5, 0.6) is 0 Å². The van der Waals surface area contributed by atoms with E-state index in [1.54, 1.807) is 18.9 Å². The van der Waals surface area contributed by atoms with Crippen molar-refractivity contribution in [3.8, 4) is 0 Å². The van der Waals surface area contributed by atoms with Gasteiger partial charge >= 0.3 is 0 Å². The van der Waals surface area contributed by atoms with Crippen molar-refractivity contribution in [1.29, 1.82) is 0 Å². The molecule has 1 aliphatic heterocycles. The SMILES string of the molecule is COCCSCC(=O)NCC1(C)COC1. The van der Waals surface area contributed by atoms with E-state index in [4.69, 9.17) is 9.47 Å². The standard InChI is InChI=1S/C10H19NO3S/c1-10(7-14-8-10)6-11-9(12)5-15-4-3-13-2/h3-8H2,1-2H3,(H,11,12). The molecule has 1 aliphatic rings. The normalized spacial score (nSPS) is 18.3. The molecule has 1 fully saturated rings. The lowest BCUT2D eigenvalue weighted by atomic mass is 9.89. The molecule has 0 saturated carbocycles. The van der Waals surface area contributed by atoms with Gasteiger partial charge < -0.3 is 14.8 Å². The number of rotatable bonds is 7. The van der Waals surface area contributed by atoms with Gasteiger partial charge in [-0.15, -0.1) is 11.8 Å². The maximum absolute atomic E-state index is 11.4. The highest BCUT2D eigenvalue weighted by Gasteiger charge is 2.33. The second-order valence-corrected chi connectivity index (χ2v) is 5.23. The van der Waals surface area contributed by atoms with Crippen LogP contribution >= 0.6 is 11.8 Å². The number of hydrogen-bond donors (Lipinski definition) is 1. The first-order valence-corrected chi connectivity index (χ1v) is 6.23. The number of nitrogens with one attached hydrogen (secondary N) is 1. The van der Waals surface area contributed by atoms with E-state index in [2.05, 4.69) is 12.2 Å². The molecule has 1 rings (SSSR count). The van der Waals surface area contributed by atoms with Crippen LogP contribution in [0.25, 0.3) is 0 Å². The van der Waals surface area contributed by atoms with Gasteiger partial charge in [-0.3, -0.25) is 4.79 Å². The molecule has 1 saturated heterocycles. The molecule has 88 valence electrons. The quantitative estimate of drug-likeness (QED) is 0.651. The number of carbonyl (C=O) groups excluding carboxylic acids is 1. The summed E-state index contributed by atoms with van der Waals surface area (Å²) in [5.74, 6) is 1.48. The molecule has 0 aromatic rings. The summed E-state index contributed by atoms with van der Waals surface area (Å²) in [5.41, 5.74) is 0.160. The maximum Gasteiger partial charge on any atom is 0.230 e. The number of carbonyl (C=O) groups is 1. The van der Waals surface area contributed by atoms with Crippen LogP contribution in [0.1, 0.15) is 6.92 Å². The van der Waals surface area contributed by atoms with Crippen LogP contribution in [0.3, 0.4) is 0 Å². The molecule has 0 aromatic heterocycles. The Morgan fingerprint density at radius 2 is 2.33 bits per heavy atom. The summed E-state index contributed by atoms with van der Waals surface area (Å²) < 4.78 is 10.0. The Morgan fingerprint density at radius 3 is 2.87 bits per heavy atom. The van der Waals surface area contributed by atoms with Crippen molar-refractivity contribution in [2.75, 3.05) is 45.0 Å². The van der Waals surface area contributed by atoms with Gasteiger partial charge in [-0.05, 0) is 0 Å². The summed E-state index contributed by atoms with van der Waals surface area (Å²) in [6.07, 6.45) is 0. The molecule has 1 amide bonds. The van der Waals surface area contributed by atoms with Crippen LogP contribution < -0.4 is 5.32 Å². The lowest BCUT2D eigenvalue weighted by Crippen LogP contribution is -2.48. The Kier molecular flexibility index (Phi) is 5.42. The minimum Gasteiger partial charge on any atom is -0.384 e. The molecule has 1 heterocycles. The van der Waals surface area contributed by atoms with E-state index < -0.39 is 0 Å². The van der Waals surface area contributed by atoms with Crippen molar-refractivity contribution >= 4 is 17.7 Å². The summed E-state index contributed by atoms with van der Waals surface area (Å²) in [4.78, 5) is 11.4. The molecule has 4 nitrogen and oxygen atoms in total. The fourth-order valence-electron chi connectivity index (χ4n) is 1.22. The van der Waals surface area contributed by atoms with Gasteiger partial charge in [0.2, 0.25) is 5.91 Å². The number of methoxy groups -OCH3 is 1. The van der Waals surface area contributed by atoms with Gasteiger partial charge in [0.05, 0.1) is 25.6 Å². The summed E-state index contributed by atoms with van der Waals surface area (Å²) in [7, 11) is 1.66. The Bertz CT molecular complexity index is 207. The van der Waals surface area contributed by atoms with Crippen molar-refractivity contribution in [3.63, 3.8) is 0 Å². The van der Waals surface area contributed by atoms with Crippen molar-refractivity contribution < 1.29 is 14.3 Å². The zero-order valence-electron chi connectivity index (χ0n) is 9.38. The molecule has 0 unspecified atom stereocenters. The van der Waals surface area contributed by atoms with E-state index in [-0.39, 0.29) is 11.3 Å². The summed E-state index contributed by atoms with van der Waals surface area (Å²) in [6, 6.07) is 0. The third-order valence-electron chi connectivity index (χ3n) is 2.28. The monoisotopic (exact) mass is 233 g/mol. The van der Waals surface area contributed by atoms with Crippen molar-refractivity contribution in [2.45, 2.75) is 6.92 Å². The van der Waals surface area contributed by atoms with E-state index >= 15 is 0 Å². The second-order valence-electron chi connectivity index (χ2n) is 4.13. The smallest absolute Gasteiger partial charge is 0.230 e. The van der Waals surface area contributed by atoms with Crippen molar-refractivity contribution in [1.82, 2.24) is 5.32 Å². The highest BCUT2D eigenvalue weighted by molar-refractivity contribution is 7.99. The fraction of sp³-hybridized carbons (Fsp3) is 0.900. The highest BCUT2D eigenvalue weighted by Crippen LogP contribution is 2.24. The van der Waals surface area contributed by atoms with Crippen LogP contribution in [0.4, 0.5) is 0 Å². The van der Waals surface area contributed by atoms with Gasteiger partial charge in [-0.2, -0.15) is 0 Å². The molecule has 1 N–H and O–H groups in total. The summed E-state index contributed by atoms with van der Waals surface area (Å²) in [6.45, 7) is 5.04. The summed E-state index contributed by atoms with van der Waals surface area (Å²) in [5, 5.41) is 2.92. The number of thioether (sulfide) groups is 1. The van der Waals surface area contributed by atoms with E-state index in [0.717, 1.165) is 25.5 Å². The Morgan fingerprint density at radius 1 is 1.60 bits per heavy atom. The number of amides is 1. The molecular weight excluding hydrogens is 214 g/mol. The van der Waals surface area contributed by atoms with E-state index in [1.165, 1.54) is 0 Å². The van der Waals surface area contributed by atoms with Gasteiger partial charge in [0.25, 0.3) is 0 Å². The van der Waals surface area contributed by atoms with E-state index in [9.17, 15) is 4.79 Å². The lowest BCUT2D eigenvalue weighted by Gasteiger charge is -2.38. The first-order valence-electron chi connectivity index (χ1n) is 5.07. The molecule has 15 heavy (non-hydrogen) atoms. The van der Waals surface area contributed by atoms with Gasteiger partial charge in [0.1, 0.15) is 0 Å². The second kappa shape index (κ2) is 6.35. The Hall–Kier alpha value is -0.260. The van der Waals surface area contributed by atoms with Crippen molar-refractivity contribution in [2.24, 2.45) is 5.41 Å². The zero-order chi connectivity index (χ0) is 11.1. The fourth-order valence-corrected chi connectivity index (χ4v) is 1.94. The van der Waals surface area contributed by atoms with Gasteiger partial charge in [0.15, 0.2) is 0 Å². The predicted octanol–water partition coefficient (Wildman–Crippen LogP) is 0.519. The van der Waals surface area contributed by atoms with Gasteiger partial charge in [0, 0.05) is 24.8 Å². The van der Waals surface area contributed by atoms with Crippen LogP contribution in [-0.4, -0.2) is 50.9 Å². The molecule has 0 atom stereocenters. The average Bonchev–Trinajstić information content (AvgIpc) is 2.19. The van der Waals surface area contributed by atoms with Gasteiger partial charge in [-0.25, -0.2) is 0 Å². The number of hydrogen-bond acceptors (Lipinski definition) is 4. The third-order valence-corrected chi connectivity index (χ3v) is 3.20. The minimum atomic E-state index is 0.101. The molecule has 0 aliphatic carbocycles. The highest BCUT2D eigenvalue weighted by atomic mass is 32.2. The largest absolute Gasteiger partial charge is 0.384 e. The molecule has 0 spiro atoms. The molecule has 0 aromatic carbocycles. The van der Waals surface area contributed by atoms with Crippen LogP contribution in [0.2, 0.25) is 0 Å².